The van der Waals surface area contributed by atoms with Crippen LogP contribution in [-0.2, 0) is 0 Å². The Morgan fingerprint density at radius 3 is 2.68 bits per heavy atom. The molecule has 5 heteroatoms. The Morgan fingerprint density at radius 2 is 2.00 bits per heavy atom. The quantitative estimate of drug-likeness (QED) is 0.864. The maximum absolute atomic E-state index is 5.90. The van der Waals surface area contributed by atoms with Gasteiger partial charge in [-0.2, -0.15) is 0 Å². The summed E-state index contributed by atoms with van der Waals surface area (Å²) in [6, 6.07) is 9.04. The van der Waals surface area contributed by atoms with E-state index in [-0.39, 0.29) is 6.10 Å². The standard InChI is InChI=1S/C14H15BrN2O2/c1-9(2)18-13-4-3-7-17-14(13)19-12-6-5-10(15)8-11(12)16/h3-9H,16H2,1-2H3. The van der Waals surface area contributed by atoms with Crippen LogP contribution in [0.25, 0.3) is 0 Å². The predicted molar refractivity (Wildman–Crippen MR) is 78.6 cm³/mol. The number of ether oxygens (including phenoxy) is 2. The number of pyridine rings is 1. The molecule has 0 radical (unpaired) electrons. The molecule has 2 N–H and O–H groups in total. The third-order valence-corrected chi connectivity index (χ3v) is 2.77. The van der Waals surface area contributed by atoms with Crippen molar-refractivity contribution in [1.29, 1.82) is 0 Å². The van der Waals surface area contributed by atoms with Gasteiger partial charge in [-0.05, 0) is 44.2 Å². The average Bonchev–Trinajstić information content (AvgIpc) is 2.34. The van der Waals surface area contributed by atoms with E-state index in [1.807, 2.05) is 26.0 Å². The van der Waals surface area contributed by atoms with Crippen molar-refractivity contribution >= 4 is 21.6 Å². The van der Waals surface area contributed by atoms with E-state index in [1.54, 1.807) is 24.4 Å². The Bertz CT molecular complexity index is 573. The minimum absolute atomic E-state index is 0.0498. The van der Waals surface area contributed by atoms with Crippen LogP contribution in [0.15, 0.2) is 41.0 Å². The third kappa shape index (κ3) is 3.61. The fourth-order valence-electron chi connectivity index (χ4n) is 1.51. The first-order valence-corrected chi connectivity index (χ1v) is 6.70. The van der Waals surface area contributed by atoms with Gasteiger partial charge in [-0.3, -0.25) is 0 Å². The average molecular weight is 323 g/mol. The van der Waals surface area contributed by atoms with Gasteiger partial charge in [0.2, 0.25) is 0 Å². The van der Waals surface area contributed by atoms with Crippen molar-refractivity contribution in [3.05, 3.63) is 41.0 Å². The molecule has 1 aromatic carbocycles. The maximum Gasteiger partial charge on any atom is 0.262 e. The SMILES string of the molecule is CC(C)Oc1cccnc1Oc1ccc(Br)cc1N. The van der Waals surface area contributed by atoms with E-state index >= 15 is 0 Å². The molecule has 0 atom stereocenters. The van der Waals surface area contributed by atoms with Crippen LogP contribution < -0.4 is 15.2 Å². The smallest absolute Gasteiger partial charge is 0.262 e. The predicted octanol–water partition coefficient (Wildman–Crippen LogP) is 4.01. The number of nitrogens with two attached hydrogens (primary N) is 1. The Kier molecular flexibility index (Phi) is 4.27. The van der Waals surface area contributed by atoms with E-state index in [2.05, 4.69) is 20.9 Å². The van der Waals surface area contributed by atoms with Crippen LogP contribution in [0.2, 0.25) is 0 Å². The molecule has 0 bridgehead atoms. The molecule has 0 unspecified atom stereocenters. The number of anilines is 1. The highest BCUT2D eigenvalue weighted by Crippen LogP contribution is 2.33. The highest BCUT2D eigenvalue weighted by Gasteiger charge is 2.10. The van der Waals surface area contributed by atoms with E-state index < -0.39 is 0 Å². The molecule has 0 fully saturated rings. The summed E-state index contributed by atoms with van der Waals surface area (Å²) in [5, 5.41) is 0. The molecule has 0 saturated heterocycles. The van der Waals surface area contributed by atoms with Crippen LogP contribution in [0.5, 0.6) is 17.4 Å². The zero-order chi connectivity index (χ0) is 13.8. The highest BCUT2D eigenvalue weighted by atomic mass is 79.9. The molecule has 0 spiro atoms. The van der Waals surface area contributed by atoms with Crippen molar-refractivity contribution < 1.29 is 9.47 Å². The summed E-state index contributed by atoms with van der Waals surface area (Å²) < 4.78 is 12.3. The van der Waals surface area contributed by atoms with Crippen LogP contribution in [-0.4, -0.2) is 11.1 Å². The van der Waals surface area contributed by atoms with Crippen LogP contribution >= 0.6 is 15.9 Å². The van der Waals surface area contributed by atoms with E-state index in [9.17, 15) is 0 Å². The molecule has 1 aromatic heterocycles. The van der Waals surface area contributed by atoms with Gasteiger partial charge < -0.3 is 15.2 Å². The van der Waals surface area contributed by atoms with Gasteiger partial charge in [-0.25, -0.2) is 4.98 Å². The minimum Gasteiger partial charge on any atom is -0.485 e. The van der Waals surface area contributed by atoms with Crippen LogP contribution in [0.1, 0.15) is 13.8 Å². The van der Waals surface area contributed by atoms with Gasteiger partial charge in [0.1, 0.15) is 0 Å². The van der Waals surface area contributed by atoms with Gasteiger partial charge >= 0.3 is 0 Å². The lowest BCUT2D eigenvalue weighted by atomic mass is 10.3. The highest BCUT2D eigenvalue weighted by molar-refractivity contribution is 9.10. The number of hydrogen-bond donors (Lipinski definition) is 1. The van der Waals surface area contributed by atoms with Crippen LogP contribution in [0, 0.1) is 0 Å². The van der Waals surface area contributed by atoms with E-state index in [4.69, 9.17) is 15.2 Å². The fourth-order valence-corrected chi connectivity index (χ4v) is 1.89. The normalized spacial score (nSPS) is 10.5. The Labute approximate surface area is 120 Å². The van der Waals surface area contributed by atoms with E-state index in [1.165, 1.54) is 0 Å². The number of nitrogen functional groups attached to an aromatic ring is 1. The molecule has 4 nitrogen and oxygen atoms in total. The molecule has 2 rings (SSSR count). The van der Waals surface area contributed by atoms with Crippen molar-refractivity contribution in [1.82, 2.24) is 4.98 Å². The summed E-state index contributed by atoms with van der Waals surface area (Å²) in [6.07, 6.45) is 1.70. The summed E-state index contributed by atoms with van der Waals surface area (Å²) in [7, 11) is 0. The van der Waals surface area contributed by atoms with Crippen molar-refractivity contribution in [2.75, 3.05) is 5.73 Å². The number of hydrogen-bond acceptors (Lipinski definition) is 4. The third-order valence-electron chi connectivity index (χ3n) is 2.28. The van der Waals surface area contributed by atoms with Crippen molar-refractivity contribution in [3.8, 4) is 17.4 Å². The molecule has 19 heavy (non-hydrogen) atoms. The summed E-state index contributed by atoms with van der Waals surface area (Å²) in [4.78, 5) is 4.18. The lowest BCUT2D eigenvalue weighted by molar-refractivity contribution is 0.231. The zero-order valence-corrected chi connectivity index (χ0v) is 12.3. The number of nitrogens with zero attached hydrogens (tertiary/aromatic N) is 1. The van der Waals surface area contributed by atoms with Gasteiger partial charge in [-0.1, -0.05) is 15.9 Å². The molecular weight excluding hydrogens is 308 g/mol. The molecule has 0 saturated carbocycles. The number of aromatic nitrogens is 1. The Balaban J connectivity index is 2.27. The van der Waals surface area contributed by atoms with Gasteiger partial charge in [0, 0.05) is 10.7 Å². The molecule has 100 valence electrons. The van der Waals surface area contributed by atoms with Gasteiger partial charge in [-0.15, -0.1) is 0 Å². The van der Waals surface area contributed by atoms with Crippen molar-refractivity contribution in [3.63, 3.8) is 0 Å². The Morgan fingerprint density at radius 1 is 1.21 bits per heavy atom. The first-order valence-electron chi connectivity index (χ1n) is 5.91. The van der Waals surface area contributed by atoms with E-state index in [0.29, 0.717) is 23.1 Å². The van der Waals surface area contributed by atoms with Gasteiger partial charge in [0.15, 0.2) is 11.5 Å². The Hall–Kier alpha value is -1.75. The molecule has 0 aliphatic heterocycles. The van der Waals surface area contributed by atoms with Gasteiger partial charge in [0.05, 0.1) is 11.8 Å². The fraction of sp³-hybridized carbons (Fsp3) is 0.214. The molecule has 0 amide bonds. The summed E-state index contributed by atoms with van der Waals surface area (Å²) in [6.45, 7) is 3.90. The number of halogens is 1. The molecule has 0 aliphatic rings. The van der Waals surface area contributed by atoms with E-state index in [0.717, 1.165) is 4.47 Å². The van der Waals surface area contributed by atoms with Gasteiger partial charge in [0.25, 0.3) is 5.88 Å². The van der Waals surface area contributed by atoms with Crippen LogP contribution in [0.4, 0.5) is 5.69 Å². The molecule has 1 heterocycles. The molecular formula is C14H15BrN2O2. The zero-order valence-electron chi connectivity index (χ0n) is 10.8. The largest absolute Gasteiger partial charge is 0.485 e. The second-order valence-electron chi connectivity index (χ2n) is 4.26. The van der Waals surface area contributed by atoms with Crippen molar-refractivity contribution in [2.24, 2.45) is 0 Å². The first-order chi connectivity index (χ1) is 9.06. The lowest BCUT2D eigenvalue weighted by Crippen LogP contribution is -2.07. The monoisotopic (exact) mass is 322 g/mol. The topological polar surface area (TPSA) is 57.4 Å². The van der Waals surface area contributed by atoms with Crippen molar-refractivity contribution in [2.45, 2.75) is 20.0 Å². The minimum atomic E-state index is 0.0498. The summed E-state index contributed by atoms with van der Waals surface area (Å²) in [5.41, 5.74) is 6.43. The summed E-state index contributed by atoms with van der Waals surface area (Å²) >= 11 is 3.35. The number of rotatable bonds is 4. The number of benzene rings is 1. The lowest BCUT2D eigenvalue weighted by Gasteiger charge is -2.14. The summed E-state index contributed by atoms with van der Waals surface area (Å²) in [5.74, 6) is 1.56. The van der Waals surface area contributed by atoms with Crippen LogP contribution in [0.3, 0.4) is 0 Å². The maximum atomic E-state index is 5.90. The first kappa shape index (κ1) is 13.7. The second-order valence-corrected chi connectivity index (χ2v) is 5.17. The second kappa shape index (κ2) is 5.93. The molecule has 0 aliphatic carbocycles. The molecule has 2 aromatic rings.